The normalized spacial score (nSPS) is 10.4. The summed E-state index contributed by atoms with van der Waals surface area (Å²) < 4.78 is 5.78. The minimum Gasteiger partial charge on any atom is -0.465 e. The zero-order chi connectivity index (χ0) is 18.7. The quantitative estimate of drug-likeness (QED) is 0.688. The summed E-state index contributed by atoms with van der Waals surface area (Å²) in [6.07, 6.45) is 2.55. The third kappa shape index (κ3) is 3.65. The molecular weight excluding hydrogens is 360 g/mol. The summed E-state index contributed by atoms with van der Waals surface area (Å²) in [6, 6.07) is 8.93. The minimum absolute atomic E-state index is 0.0518. The number of urea groups is 1. The summed E-state index contributed by atoms with van der Waals surface area (Å²) in [7, 11) is 1.24. The molecule has 3 aromatic rings. The van der Waals surface area contributed by atoms with Crippen LogP contribution in [0.4, 0.5) is 16.2 Å². The second-order valence-corrected chi connectivity index (χ2v) is 5.64. The highest BCUT2D eigenvalue weighted by atomic mass is 35.5. The van der Waals surface area contributed by atoms with Gasteiger partial charge in [0.25, 0.3) is 5.56 Å². The van der Waals surface area contributed by atoms with Gasteiger partial charge in [-0.2, -0.15) is 0 Å². The van der Waals surface area contributed by atoms with Crippen LogP contribution in [-0.2, 0) is 4.74 Å². The largest absolute Gasteiger partial charge is 0.465 e. The van der Waals surface area contributed by atoms with Gasteiger partial charge in [-0.3, -0.25) is 9.20 Å². The maximum Gasteiger partial charge on any atom is 0.339 e. The fraction of sp³-hybridized carbons (Fsp3) is 0.0588. The van der Waals surface area contributed by atoms with E-state index in [4.69, 9.17) is 11.6 Å². The van der Waals surface area contributed by atoms with Gasteiger partial charge >= 0.3 is 12.0 Å². The first-order valence-corrected chi connectivity index (χ1v) is 7.79. The van der Waals surface area contributed by atoms with Gasteiger partial charge in [-0.1, -0.05) is 17.7 Å². The molecule has 0 aliphatic rings. The maximum absolute atomic E-state index is 12.5. The van der Waals surface area contributed by atoms with Crippen molar-refractivity contribution in [3.63, 3.8) is 0 Å². The summed E-state index contributed by atoms with van der Waals surface area (Å²) in [5.74, 6) is -0.587. The lowest BCUT2D eigenvalue weighted by molar-refractivity contribution is 0.0600. The zero-order valence-electron chi connectivity index (χ0n) is 13.5. The highest BCUT2D eigenvalue weighted by molar-refractivity contribution is 6.30. The fourth-order valence-electron chi connectivity index (χ4n) is 2.25. The number of ether oxygens (including phenoxy) is 1. The number of benzene rings is 1. The van der Waals surface area contributed by atoms with Gasteiger partial charge < -0.3 is 15.4 Å². The average Bonchev–Trinajstić information content (AvgIpc) is 2.63. The van der Waals surface area contributed by atoms with Crippen molar-refractivity contribution in [2.75, 3.05) is 17.7 Å². The summed E-state index contributed by atoms with van der Waals surface area (Å²) >= 11 is 5.86. The van der Waals surface area contributed by atoms with Crippen LogP contribution < -0.4 is 16.2 Å². The van der Waals surface area contributed by atoms with Crippen molar-refractivity contribution in [2.24, 2.45) is 0 Å². The molecule has 2 amide bonds. The topological polar surface area (TPSA) is 102 Å². The lowest BCUT2D eigenvalue weighted by Crippen LogP contribution is -2.26. The van der Waals surface area contributed by atoms with Crippen LogP contribution in [0.5, 0.6) is 0 Å². The second kappa shape index (κ2) is 7.24. The molecule has 1 aromatic carbocycles. The van der Waals surface area contributed by atoms with Crippen molar-refractivity contribution in [1.82, 2.24) is 9.38 Å². The number of amides is 2. The van der Waals surface area contributed by atoms with Crippen LogP contribution in [-0.4, -0.2) is 28.5 Å². The highest BCUT2D eigenvalue weighted by Crippen LogP contribution is 2.15. The molecule has 0 unspecified atom stereocenters. The SMILES string of the molecule is COC(=O)c1ccc2ncc(NC(=O)Nc3cccc(Cl)c3)c(=O)n2c1. The number of nitrogens with one attached hydrogen (secondary N) is 2. The predicted octanol–water partition coefficient (Wildman–Crippen LogP) is 2.78. The third-order valence-electron chi connectivity index (χ3n) is 3.45. The van der Waals surface area contributed by atoms with Crippen molar-refractivity contribution in [1.29, 1.82) is 0 Å². The average molecular weight is 373 g/mol. The molecule has 0 spiro atoms. The summed E-state index contributed by atoms with van der Waals surface area (Å²) in [4.78, 5) is 40.3. The Labute approximate surface area is 152 Å². The fourth-order valence-corrected chi connectivity index (χ4v) is 2.44. The molecular formula is C17H13ClN4O4. The van der Waals surface area contributed by atoms with Crippen molar-refractivity contribution in [3.05, 3.63) is 69.7 Å². The Morgan fingerprint density at radius 1 is 1.19 bits per heavy atom. The number of hydrogen-bond donors (Lipinski definition) is 2. The summed E-state index contributed by atoms with van der Waals surface area (Å²) in [6.45, 7) is 0. The molecule has 0 fully saturated rings. The third-order valence-corrected chi connectivity index (χ3v) is 3.69. The molecule has 132 valence electrons. The number of aromatic nitrogens is 2. The molecule has 0 atom stereocenters. The molecule has 26 heavy (non-hydrogen) atoms. The number of halogens is 1. The molecule has 9 heteroatoms. The van der Waals surface area contributed by atoms with Gasteiger partial charge in [0.2, 0.25) is 0 Å². The molecule has 2 heterocycles. The Balaban J connectivity index is 1.87. The van der Waals surface area contributed by atoms with E-state index in [9.17, 15) is 14.4 Å². The van der Waals surface area contributed by atoms with Crippen LogP contribution in [0.25, 0.3) is 5.65 Å². The number of pyridine rings is 1. The van der Waals surface area contributed by atoms with Gasteiger partial charge in [0.1, 0.15) is 11.3 Å². The van der Waals surface area contributed by atoms with Crippen molar-refractivity contribution in [3.8, 4) is 0 Å². The first-order valence-electron chi connectivity index (χ1n) is 7.41. The van der Waals surface area contributed by atoms with Gasteiger partial charge in [-0.15, -0.1) is 0 Å². The van der Waals surface area contributed by atoms with Crippen LogP contribution in [0.15, 0.2) is 53.6 Å². The van der Waals surface area contributed by atoms with Gasteiger partial charge in [0, 0.05) is 16.9 Å². The Kier molecular flexibility index (Phi) is 4.85. The van der Waals surface area contributed by atoms with E-state index < -0.39 is 17.6 Å². The maximum atomic E-state index is 12.5. The highest BCUT2D eigenvalue weighted by Gasteiger charge is 2.12. The zero-order valence-corrected chi connectivity index (χ0v) is 14.3. The van der Waals surface area contributed by atoms with Crippen LogP contribution in [0, 0.1) is 0 Å². The Bertz CT molecular complexity index is 1060. The molecule has 2 aromatic heterocycles. The summed E-state index contributed by atoms with van der Waals surface area (Å²) in [5.41, 5.74) is 0.385. The molecule has 0 saturated heterocycles. The first kappa shape index (κ1) is 17.4. The van der Waals surface area contributed by atoms with Crippen LogP contribution >= 0.6 is 11.6 Å². The van der Waals surface area contributed by atoms with E-state index in [1.165, 1.54) is 31.6 Å². The lowest BCUT2D eigenvalue weighted by Gasteiger charge is -2.09. The van der Waals surface area contributed by atoms with E-state index in [-0.39, 0.29) is 11.3 Å². The molecule has 8 nitrogen and oxygen atoms in total. The monoisotopic (exact) mass is 372 g/mol. The first-order chi connectivity index (χ1) is 12.5. The number of anilines is 2. The van der Waals surface area contributed by atoms with Gasteiger partial charge in [-0.25, -0.2) is 14.6 Å². The van der Waals surface area contributed by atoms with Crippen molar-refractivity contribution in [2.45, 2.75) is 0 Å². The van der Waals surface area contributed by atoms with E-state index >= 15 is 0 Å². The van der Waals surface area contributed by atoms with Crippen molar-refractivity contribution >= 4 is 40.6 Å². The molecule has 2 N–H and O–H groups in total. The summed E-state index contributed by atoms with van der Waals surface area (Å²) in [5, 5.41) is 5.45. The second-order valence-electron chi connectivity index (χ2n) is 5.20. The molecule has 0 radical (unpaired) electrons. The van der Waals surface area contributed by atoms with Gasteiger partial charge in [0.15, 0.2) is 0 Å². The number of fused-ring (bicyclic) bond motifs is 1. The number of nitrogens with zero attached hydrogens (tertiary/aromatic N) is 2. The molecule has 0 aliphatic carbocycles. The Morgan fingerprint density at radius 2 is 2.00 bits per heavy atom. The van der Waals surface area contributed by atoms with Gasteiger partial charge in [0.05, 0.1) is 18.9 Å². The molecule has 0 aliphatic heterocycles. The van der Waals surface area contributed by atoms with Crippen LogP contribution in [0.3, 0.4) is 0 Å². The number of esters is 1. The molecule has 0 bridgehead atoms. The van der Waals surface area contributed by atoms with E-state index in [1.54, 1.807) is 24.3 Å². The smallest absolute Gasteiger partial charge is 0.339 e. The number of rotatable bonds is 3. The van der Waals surface area contributed by atoms with E-state index in [1.807, 2.05) is 0 Å². The standard InChI is InChI=1S/C17H13ClN4O4/c1-26-16(24)10-5-6-14-19-8-13(15(23)22(14)9-10)21-17(25)20-12-4-2-3-11(18)7-12/h2-9H,1H3,(H2,20,21,25). The van der Waals surface area contributed by atoms with Crippen LogP contribution in [0.1, 0.15) is 10.4 Å². The molecule has 3 rings (SSSR count). The van der Waals surface area contributed by atoms with Crippen LogP contribution in [0.2, 0.25) is 5.02 Å². The lowest BCUT2D eigenvalue weighted by atomic mass is 10.3. The number of carbonyl (C=O) groups excluding carboxylic acids is 2. The predicted molar refractivity (Wildman–Crippen MR) is 96.9 cm³/mol. The van der Waals surface area contributed by atoms with E-state index in [0.717, 1.165) is 4.40 Å². The molecule has 0 saturated carbocycles. The Morgan fingerprint density at radius 3 is 2.73 bits per heavy atom. The van der Waals surface area contributed by atoms with Crippen molar-refractivity contribution < 1.29 is 14.3 Å². The van der Waals surface area contributed by atoms with E-state index in [0.29, 0.717) is 16.4 Å². The number of carbonyl (C=O) groups is 2. The van der Waals surface area contributed by atoms with E-state index in [2.05, 4.69) is 20.4 Å². The minimum atomic E-state index is -0.629. The van der Waals surface area contributed by atoms with Gasteiger partial charge in [-0.05, 0) is 30.3 Å². The number of methoxy groups -OCH3 is 1. The number of hydrogen-bond acceptors (Lipinski definition) is 5. The Hall–Kier alpha value is -3.39.